The van der Waals surface area contributed by atoms with Gasteiger partial charge in [0.05, 0.1) is 26.2 Å². The fraction of sp³-hybridized carbons (Fsp3) is 0.467. The summed E-state index contributed by atoms with van der Waals surface area (Å²) in [6.07, 6.45) is 6.69. The van der Waals surface area contributed by atoms with E-state index < -0.39 is 5.97 Å². The van der Waals surface area contributed by atoms with Crippen LogP contribution >= 0.6 is 0 Å². The van der Waals surface area contributed by atoms with E-state index in [0.29, 0.717) is 38.9 Å². The van der Waals surface area contributed by atoms with E-state index >= 15 is 0 Å². The molecule has 0 bridgehead atoms. The Morgan fingerprint density at radius 1 is 1.24 bits per heavy atom. The zero-order chi connectivity index (χ0) is 26.6. The zero-order valence-corrected chi connectivity index (χ0v) is 22.3. The standard InChI is InChI=1S/C30H37N3O5/c1-21-15-23(5-7-27(21)38-14-12-32-20-31(2)11-9-29(32)34)19-33(18-22-3-4-22)26(17-30(35)36)24-6-8-28-25(16-24)10-13-37-28/h5-9,11,15-16,22,26H,3-4,10,12-14,17-20H2,1-2H3,(H,35,36). The van der Waals surface area contributed by atoms with Crippen LogP contribution in [0.5, 0.6) is 11.5 Å². The Morgan fingerprint density at radius 2 is 2.08 bits per heavy atom. The van der Waals surface area contributed by atoms with Crippen LogP contribution in [0.1, 0.15) is 47.6 Å². The molecule has 5 rings (SSSR count). The molecular formula is C30H37N3O5. The molecule has 2 aromatic carbocycles. The second-order valence-electron chi connectivity index (χ2n) is 10.7. The number of amides is 1. The van der Waals surface area contributed by atoms with Gasteiger partial charge >= 0.3 is 5.97 Å². The molecule has 8 nitrogen and oxygen atoms in total. The van der Waals surface area contributed by atoms with Crippen LogP contribution in [0.15, 0.2) is 48.7 Å². The van der Waals surface area contributed by atoms with Gasteiger partial charge in [-0.1, -0.05) is 24.3 Å². The highest BCUT2D eigenvalue weighted by Gasteiger charge is 2.31. The summed E-state index contributed by atoms with van der Waals surface area (Å²) >= 11 is 0. The molecule has 1 amide bonds. The Balaban J connectivity index is 1.28. The number of carbonyl (C=O) groups excluding carboxylic acids is 1. The Hall–Kier alpha value is -3.52. The molecule has 202 valence electrons. The summed E-state index contributed by atoms with van der Waals surface area (Å²) in [5, 5.41) is 9.79. The third-order valence-electron chi connectivity index (χ3n) is 7.52. The normalized spacial score (nSPS) is 17.5. The highest BCUT2D eigenvalue weighted by atomic mass is 16.5. The van der Waals surface area contributed by atoms with Crippen molar-refractivity contribution in [1.82, 2.24) is 14.7 Å². The minimum Gasteiger partial charge on any atom is -0.493 e. The van der Waals surface area contributed by atoms with Crippen molar-refractivity contribution in [3.63, 3.8) is 0 Å². The molecule has 3 aliphatic rings. The van der Waals surface area contributed by atoms with Crippen molar-refractivity contribution in [3.05, 3.63) is 70.9 Å². The summed E-state index contributed by atoms with van der Waals surface area (Å²) < 4.78 is 11.7. The van der Waals surface area contributed by atoms with Gasteiger partial charge in [-0.2, -0.15) is 0 Å². The van der Waals surface area contributed by atoms with E-state index in [4.69, 9.17) is 9.47 Å². The van der Waals surface area contributed by atoms with Crippen molar-refractivity contribution in [1.29, 1.82) is 0 Å². The average molecular weight is 520 g/mol. The van der Waals surface area contributed by atoms with Gasteiger partial charge in [0.1, 0.15) is 18.1 Å². The number of ether oxygens (including phenoxy) is 2. The minimum atomic E-state index is -0.790. The zero-order valence-electron chi connectivity index (χ0n) is 22.3. The molecule has 1 saturated carbocycles. The predicted molar refractivity (Wildman–Crippen MR) is 144 cm³/mol. The van der Waals surface area contributed by atoms with Gasteiger partial charge in [0.2, 0.25) is 5.91 Å². The first-order valence-corrected chi connectivity index (χ1v) is 13.5. The smallest absolute Gasteiger partial charge is 0.305 e. The van der Waals surface area contributed by atoms with Crippen LogP contribution in [0.4, 0.5) is 0 Å². The summed E-state index contributed by atoms with van der Waals surface area (Å²) in [5.41, 5.74) is 4.37. The number of aryl methyl sites for hydroxylation is 1. The molecule has 1 aliphatic carbocycles. The van der Waals surface area contributed by atoms with E-state index in [1.165, 1.54) is 12.8 Å². The first-order chi connectivity index (χ1) is 18.4. The lowest BCUT2D eigenvalue weighted by atomic mass is 9.97. The van der Waals surface area contributed by atoms with E-state index in [1.54, 1.807) is 17.2 Å². The van der Waals surface area contributed by atoms with Crippen molar-refractivity contribution in [3.8, 4) is 11.5 Å². The monoisotopic (exact) mass is 519 g/mol. The van der Waals surface area contributed by atoms with Crippen molar-refractivity contribution in [2.24, 2.45) is 5.92 Å². The van der Waals surface area contributed by atoms with Crippen molar-refractivity contribution >= 4 is 11.9 Å². The van der Waals surface area contributed by atoms with Crippen LogP contribution < -0.4 is 9.47 Å². The fourth-order valence-electron chi connectivity index (χ4n) is 5.31. The summed E-state index contributed by atoms with van der Waals surface area (Å²) in [4.78, 5) is 30.1. The number of benzene rings is 2. The maximum atomic E-state index is 12.1. The molecule has 8 heteroatoms. The van der Waals surface area contributed by atoms with Gasteiger partial charge in [-0.05, 0) is 60.1 Å². The number of aliphatic carboxylic acids is 1. The molecule has 0 spiro atoms. The number of carboxylic acid groups (broad SMARTS) is 1. The molecule has 1 atom stereocenters. The first kappa shape index (κ1) is 26.1. The Kier molecular flexibility index (Phi) is 7.88. The van der Waals surface area contributed by atoms with Crippen LogP contribution in [-0.4, -0.2) is 71.7 Å². The number of fused-ring (bicyclic) bond motifs is 1. The molecule has 2 aliphatic heterocycles. The average Bonchev–Trinajstić information content (AvgIpc) is 3.58. The van der Waals surface area contributed by atoms with Crippen LogP contribution in [0.2, 0.25) is 0 Å². The van der Waals surface area contributed by atoms with E-state index in [9.17, 15) is 14.7 Å². The van der Waals surface area contributed by atoms with Gasteiger partial charge in [0.15, 0.2) is 0 Å². The van der Waals surface area contributed by atoms with Crippen LogP contribution in [0, 0.1) is 12.8 Å². The van der Waals surface area contributed by atoms with Crippen LogP contribution in [-0.2, 0) is 22.6 Å². The minimum absolute atomic E-state index is 0.00124. The number of nitrogens with zero attached hydrogens (tertiary/aromatic N) is 3. The lowest BCUT2D eigenvalue weighted by Gasteiger charge is -2.32. The number of carboxylic acids is 1. The molecule has 1 fully saturated rings. The third kappa shape index (κ3) is 6.48. The number of hydrogen-bond donors (Lipinski definition) is 1. The Bertz CT molecular complexity index is 1210. The SMILES string of the molecule is Cc1cc(CN(CC2CC2)C(CC(=O)O)c2ccc3c(c2)CCO3)ccc1OCCN1CN(C)C=CC1=O. The van der Waals surface area contributed by atoms with Gasteiger partial charge in [0.25, 0.3) is 0 Å². The molecule has 2 heterocycles. The Labute approximate surface area is 224 Å². The predicted octanol–water partition coefficient (Wildman–Crippen LogP) is 3.98. The first-order valence-electron chi connectivity index (χ1n) is 13.5. The van der Waals surface area contributed by atoms with Crippen LogP contribution in [0.3, 0.4) is 0 Å². The summed E-state index contributed by atoms with van der Waals surface area (Å²) in [6.45, 7) is 5.77. The number of hydrogen-bond acceptors (Lipinski definition) is 6. The molecule has 2 aromatic rings. The van der Waals surface area contributed by atoms with E-state index in [0.717, 1.165) is 46.7 Å². The lowest BCUT2D eigenvalue weighted by Crippen LogP contribution is -2.42. The fourth-order valence-corrected chi connectivity index (χ4v) is 5.31. The van der Waals surface area contributed by atoms with Crippen molar-refractivity contribution < 1.29 is 24.2 Å². The molecule has 1 N–H and O–H groups in total. The highest BCUT2D eigenvalue weighted by Crippen LogP contribution is 2.37. The van der Waals surface area contributed by atoms with Gasteiger partial charge in [-0.3, -0.25) is 14.5 Å². The molecular weight excluding hydrogens is 482 g/mol. The van der Waals surface area contributed by atoms with E-state index in [2.05, 4.69) is 23.1 Å². The largest absolute Gasteiger partial charge is 0.493 e. The lowest BCUT2D eigenvalue weighted by molar-refractivity contribution is -0.138. The second-order valence-corrected chi connectivity index (χ2v) is 10.7. The highest BCUT2D eigenvalue weighted by molar-refractivity contribution is 5.88. The van der Waals surface area contributed by atoms with Gasteiger partial charge < -0.3 is 24.4 Å². The summed E-state index contributed by atoms with van der Waals surface area (Å²) in [7, 11) is 1.94. The molecule has 0 radical (unpaired) electrons. The third-order valence-corrected chi connectivity index (χ3v) is 7.52. The van der Waals surface area contributed by atoms with Gasteiger partial charge in [-0.15, -0.1) is 0 Å². The topological polar surface area (TPSA) is 82.6 Å². The maximum Gasteiger partial charge on any atom is 0.305 e. The van der Waals surface area contributed by atoms with Crippen molar-refractivity contribution in [2.45, 2.75) is 45.2 Å². The van der Waals surface area contributed by atoms with Gasteiger partial charge in [-0.25, -0.2) is 0 Å². The van der Waals surface area contributed by atoms with Crippen LogP contribution in [0.25, 0.3) is 0 Å². The maximum absolute atomic E-state index is 12.1. The quantitative estimate of drug-likeness (QED) is 0.454. The molecule has 1 unspecified atom stereocenters. The van der Waals surface area contributed by atoms with E-state index in [1.807, 2.05) is 37.1 Å². The Morgan fingerprint density at radius 3 is 2.84 bits per heavy atom. The molecule has 38 heavy (non-hydrogen) atoms. The summed E-state index contributed by atoms with van der Waals surface area (Å²) in [6, 6.07) is 12.1. The number of carbonyl (C=O) groups is 2. The molecule has 0 aromatic heterocycles. The number of rotatable bonds is 12. The molecule has 0 saturated heterocycles. The van der Waals surface area contributed by atoms with E-state index in [-0.39, 0.29) is 18.4 Å². The second kappa shape index (κ2) is 11.5. The van der Waals surface area contributed by atoms with Gasteiger partial charge in [0, 0.05) is 44.9 Å². The summed E-state index contributed by atoms with van der Waals surface area (Å²) in [5.74, 6) is 1.55. The van der Waals surface area contributed by atoms with Crippen molar-refractivity contribution in [2.75, 3.05) is 40.0 Å².